The predicted molar refractivity (Wildman–Crippen MR) is 77.9 cm³/mol. The van der Waals surface area contributed by atoms with E-state index >= 15 is 0 Å². The fourth-order valence-electron chi connectivity index (χ4n) is 1.63. The molecule has 1 heterocycles. The summed E-state index contributed by atoms with van der Waals surface area (Å²) >= 11 is 5.52. The van der Waals surface area contributed by atoms with Crippen LogP contribution in [0.4, 0.5) is 15.8 Å². The first kappa shape index (κ1) is 14.9. The third kappa shape index (κ3) is 3.76. The number of carbonyl (C=O) groups is 2. The van der Waals surface area contributed by atoms with Gasteiger partial charge in [0.2, 0.25) is 5.91 Å². The van der Waals surface area contributed by atoms with Gasteiger partial charge in [-0.2, -0.15) is 0 Å². The number of pyridine rings is 1. The lowest BCUT2D eigenvalue weighted by molar-refractivity contribution is -0.114. The number of nitrogens with zero attached hydrogens (tertiary/aromatic N) is 1. The average Bonchev–Trinajstić information content (AvgIpc) is 2.43. The van der Waals surface area contributed by atoms with Gasteiger partial charge in [0.15, 0.2) is 11.0 Å². The van der Waals surface area contributed by atoms with Crippen molar-refractivity contribution in [1.29, 1.82) is 0 Å². The van der Waals surface area contributed by atoms with E-state index in [0.717, 1.165) is 0 Å². The van der Waals surface area contributed by atoms with Crippen molar-refractivity contribution >= 4 is 34.8 Å². The summed E-state index contributed by atoms with van der Waals surface area (Å²) in [6.45, 7) is 1.39. The van der Waals surface area contributed by atoms with Crippen LogP contribution in [-0.2, 0) is 4.79 Å². The van der Waals surface area contributed by atoms with E-state index < -0.39 is 11.7 Å². The van der Waals surface area contributed by atoms with E-state index in [1.165, 1.54) is 19.2 Å². The summed E-state index contributed by atoms with van der Waals surface area (Å²) in [5, 5.41) is 4.77. The second-order valence-electron chi connectivity index (χ2n) is 4.18. The summed E-state index contributed by atoms with van der Waals surface area (Å²) in [5.41, 5.74) is 0.862. The fourth-order valence-corrected chi connectivity index (χ4v) is 1.79. The average molecular weight is 308 g/mol. The van der Waals surface area contributed by atoms with Crippen LogP contribution in [0.15, 0.2) is 36.5 Å². The van der Waals surface area contributed by atoms with Crippen molar-refractivity contribution < 1.29 is 14.0 Å². The smallest absolute Gasteiger partial charge is 0.258 e. The number of nitrogens with one attached hydrogen (secondary N) is 2. The van der Waals surface area contributed by atoms with Crippen LogP contribution in [0.3, 0.4) is 0 Å². The zero-order valence-electron chi connectivity index (χ0n) is 11.0. The molecule has 0 aliphatic carbocycles. The van der Waals surface area contributed by atoms with Crippen LogP contribution in [0.5, 0.6) is 0 Å². The highest BCUT2D eigenvalue weighted by Gasteiger charge is 2.15. The molecule has 0 saturated heterocycles. The Hall–Kier alpha value is -2.47. The Balaban J connectivity index is 2.12. The SMILES string of the molecule is CC(=O)Nc1ccc(NC(=O)c2ccnc(Cl)c2F)cc1. The predicted octanol–water partition coefficient (Wildman–Crippen LogP) is 3.08. The number of halogens is 2. The van der Waals surface area contributed by atoms with Gasteiger partial charge < -0.3 is 10.6 Å². The molecule has 7 heteroatoms. The highest BCUT2D eigenvalue weighted by Crippen LogP contribution is 2.18. The molecule has 0 spiro atoms. The lowest BCUT2D eigenvalue weighted by atomic mass is 10.2. The molecule has 2 N–H and O–H groups in total. The van der Waals surface area contributed by atoms with Gasteiger partial charge in [-0.15, -0.1) is 0 Å². The second-order valence-corrected chi connectivity index (χ2v) is 4.53. The minimum atomic E-state index is -0.869. The van der Waals surface area contributed by atoms with Crippen LogP contribution >= 0.6 is 11.6 Å². The van der Waals surface area contributed by atoms with Crippen molar-refractivity contribution in [3.8, 4) is 0 Å². The highest BCUT2D eigenvalue weighted by atomic mass is 35.5. The molecule has 5 nitrogen and oxygen atoms in total. The van der Waals surface area contributed by atoms with E-state index in [9.17, 15) is 14.0 Å². The summed E-state index contributed by atoms with van der Waals surface area (Å²) < 4.78 is 13.7. The minimum Gasteiger partial charge on any atom is -0.326 e. The first-order chi connectivity index (χ1) is 9.97. The minimum absolute atomic E-state index is 0.194. The molecule has 0 atom stereocenters. The number of benzene rings is 1. The Labute approximate surface area is 125 Å². The molecule has 0 radical (unpaired) electrons. The third-order valence-corrected chi connectivity index (χ3v) is 2.82. The molecule has 108 valence electrons. The summed E-state index contributed by atoms with van der Waals surface area (Å²) in [6.07, 6.45) is 1.25. The summed E-state index contributed by atoms with van der Waals surface area (Å²) in [6, 6.07) is 7.65. The highest BCUT2D eigenvalue weighted by molar-refractivity contribution is 6.30. The lowest BCUT2D eigenvalue weighted by Crippen LogP contribution is -2.14. The lowest BCUT2D eigenvalue weighted by Gasteiger charge is -2.08. The zero-order valence-corrected chi connectivity index (χ0v) is 11.7. The Bertz CT molecular complexity index is 689. The molecule has 2 amide bonds. The fraction of sp³-hybridized carbons (Fsp3) is 0.0714. The Morgan fingerprint density at radius 1 is 1.10 bits per heavy atom. The molecule has 2 rings (SSSR count). The summed E-state index contributed by atoms with van der Waals surface area (Å²) in [7, 11) is 0. The number of hydrogen-bond acceptors (Lipinski definition) is 3. The summed E-state index contributed by atoms with van der Waals surface area (Å²) in [5.74, 6) is -1.70. The number of hydrogen-bond donors (Lipinski definition) is 2. The van der Waals surface area contributed by atoms with Crippen molar-refractivity contribution in [3.05, 3.63) is 53.1 Å². The number of anilines is 2. The molecule has 1 aromatic carbocycles. The molecule has 0 fully saturated rings. The van der Waals surface area contributed by atoms with Crippen LogP contribution in [0.1, 0.15) is 17.3 Å². The maximum atomic E-state index is 13.7. The first-order valence-electron chi connectivity index (χ1n) is 5.96. The third-order valence-electron chi connectivity index (χ3n) is 2.55. The molecule has 0 unspecified atom stereocenters. The van der Waals surface area contributed by atoms with Crippen LogP contribution in [0, 0.1) is 5.82 Å². The molecule has 1 aromatic heterocycles. The molecular formula is C14H11ClFN3O2. The normalized spacial score (nSPS) is 10.0. The monoisotopic (exact) mass is 307 g/mol. The number of aromatic nitrogens is 1. The van der Waals surface area contributed by atoms with Gasteiger partial charge in [-0.1, -0.05) is 11.6 Å². The van der Waals surface area contributed by atoms with Crippen molar-refractivity contribution in [2.24, 2.45) is 0 Å². The molecule has 2 aromatic rings. The van der Waals surface area contributed by atoms with Crippen LogP contribution < -0.4 is 10.6 Å². The Morgan fingerprint density at radius 3 is 2.24 bits per heavy atom. The van der Waals surface area contributed by atoms with Crippen molar-refractivity contribution in [2.75, 3.05) is 10.6 Å². The zero-order chi connectivity index (χ0) is 15.4. The van der Waals surface area contributed by atoms with Crippen molar-refractivity contribution in [3.63, 3.8) is 0 Å². The van der Waals surface area contributed by atoms with Crippen LogP contribution in [0.25, 0.3) is 0 Å². The largest absolute Gasteiger partial charge is 0.326 e. The number of amides is 2. The van der Waals surface area contributed by atoms with E-state index in [2.05, 4.69) is 15.6 Å². The number of carbonyl (C=O) groups excluding carboxylic acids is 2. The van der Waals surface area contributed by atoms with Crippen molar-refractivity contribution in [1.82, 2.24) is 4.98 Å². The Morgan fingerprint density at radius 2 is 1.67 bits per heavy atom. The molecule has 21 heavy (non-hydrogen) atoms. The van der Waals surface area contributed by atoms with E-state index in [-0.39, 0.29) is 16.6 Å². The topological polar surface area (TPSA) is 71.1 Å². The van der Waals surface area contributed by atoms with Gasteiger partial charge in [-0.25, -0.2) is 9.37 Å². The molecule has 0 saturated carbocycles. The van der Waals surface area contributed by atoms with Gasteiger partial charge in [-0.05, 0) is 30.3 Å². The maximum Gasteiger partial charge on any atom is 0.258 e. The molecule has 0 aliphatic heterocycles. The van der Waals surface area contributed by atoms with Gasteiger partial charge in [0.05, 0.1) is 5.56 Å². The molecule has 0 aliphatic rings. The quantitative estimate of drug-likeness (QED) is 0.856. The van der Waals surface area contributed by atoms with Gasteiger partial charge in [0.1, 0.15) is 0 Å². The van der Waals surface area contributed by atoms with E-state index in [4.69, 9.17) is 11.6 Å². The van der Waals surface area contributed by atoms with Gasteiger partial charge in [0.25, 0.3) is 5.91 Å². The van der Waals surface area contributed by atoms with E-state index in [1.807, 2.05) is 0 Å². The van der Waals surface area contributed by atoms with E-state index in [0.29, 0.717) is 11.4 Å². The van der Waals surface area contributed by atoms with Crippen LogP contribution in [-0.4, -0.2) is 16.8 Å². The number of rotatable bonds is 3. The first-order valence-corrected chi connectivity index (χ1v) is 6.34. The molecule has 0 bridgehead atoms. The maximum absolute atomic E-state index is 13.7. The van der Waals surface area contributed by atoms with Gasteiger partial charge in [-0.3, -0.25) is 9.59 Å². The van der Waals surface area contributed by atoms with Crippen molar-refractivity contribution in [2.45, 2.75) is 6.92 Å². The second kappa shape index (κ2) is 6.32. The van der Waals surface area contributed by atoms with Gasteiger partial charge in [0, 0.05) is 24.5 Å². The standard InChI is InChI=1S/C14H11ClFN3O2/c1-8(20)18-9-2-4-10(5-3-9)19-14(21)11-6-7-17-13(15)12(11)16/h2-7H,1H3,(H,18,20)(H,19,21). The van der Waals surface area contributed by atoms with Gasteiger partial charge >= 0.3 is 0 Å². The van der Waals surface area contributed by atoms with Crippen LogP contribution in [0.2, 0.25) is 5.15 Å². The summed E-state index contributed by atoms with van der Waals surface area (Å²) in [4.78, 5) is 26.4. The molecular weight excluding hydrogens is 297 g/mol. The van der Waals surface area contributed by atoms with E-state index in [1.54, 1.807) is 24.3 Å². The Kier molecular flexibility index (Phi) is 4.49.